The fourth-order valence-corrected chi connectivity index (χ4v) is 2.99. The van der Waals surface area contributed by atoms with Crippen molar-refractivity contribution in [3.63, 3.8) is 0 Å². The first-order valence-electron chi connectivity index (χ1n) is 10.4. The van der Waals surface area contributed by atoms with Crippen LogP contribution in [-0.4, -0.2) is 23.1 Å². The highest BCUT2D eigenvalue weighted by Gasteiger charge is 2.24. The highest BCUT2D eigenvalue weighted by Crippen LogP contribution is 2.28. The van der Waals surface area contributed by atoms with Crippen LogP contribution in [0.2, 0.25) is 0 Å². The van der Waals surface area contributed by atoms with E-state index in [2.05, 4.69) is 16.4 Å². The summed E-state index contributed by atoms with van der Waals surface area (Å²) in [7, 11) is 0. The number of hydrogen-bond donors (Lipinski definition) is 2. The third-order valence-corrected chi connectivity index (χ3v) is 4.70. The van der Waals surface area contributed by atoms with Crippen molar-refractivity contribution < 1.29 is 19.1 Å². The van der Waals surface area contributed by atoms with Crippen LogP contribution in [0.4, 0.5) is 10.5 Å². The van der Waals surface area contributed by atoms with Gasteiger partial charge in [-0.2, -0.15) is 5.26 Å². The lowest BCUT2D eigenvalue weighted by Gasteiger charge is -2.22. The molecule has 8 nitrogen and oxygen atoms in total. The Balaban J connectivity index is 2.06. The first-order chi connectivity index (χ1) is 15.0. The van der Waals surface area contributed by atoms with Crippen LogP contribution in [0.25, 0.3) is 0 Å². The summed E-state index contributed by atoms with van der Waals surface area (Å²) in [5, 5.41) is 11.9. The zero-order chi connectivity index (χ0) is 23.9. The highest BCUT2D eigenvalue weighted by atomic mass is 16.6. The molecule has 0 saturated heterocycles. The van der Waals surface area contributed by atoms with Gasteiger partial charge >= 0.3 is 6.09 Å². The molecular weight excluding hydrogens is 408 g/mol. The number of carbonyl (C=O) groups is 2. The molecule has 0 fully saturated rings. The minimum atomic E-state index is -0.996. The molecule has 0 aliphatic heterocycles. The van der Waals surface area contributed by atoms with E-state index in [-0.39, 0.29) is 11.3 Å². The van der Waals surface area contributed by atoms with Crippen molar-refractivity contribution in [2.75, 3.05) is 5.32 Å². The number of ether oxygens (including phenoxy) is 2. The molecule has 1 heterocycles. The van der Waals surface area contributed by atoms with Crippen LogP contribution < -0.4 is 15.8 Å². The van der Waals surface area contributed by atoms with Crippen molar-refractivity contribution in [2.45, 2.75) is 59.5 Å². The summed E-state index contributed by atoms with van der Waals surface area (Å²) in [4.78, 5) is 28.0. The van der Waals surface area contributed by atoms with Gasteiger partial charge in [-0.25, -0.2) is 9.78 Å². The molecule has 170 valence electrons. The molecule has 2 aromatic rings. The second-order valence-corrected chi connectivity index (χ2v) is 9.02. The molecule has 0 aliphatic carbocycles. The summed E-state index contributed by atoms with van der Waals surface area (Å²) in [5.74, 6) is 0.596. The Morgan fingerprint density at radius 1 is 1.22 bits per heavy atom. The number of carbonyl (C=O) groups excluding carboxylic acids is 2. The van der Waals surface area contributed by atoms with Gasteiger partial charge in [-0.1, -0.05) is 34.6 Å². The highest BCUT2D eigenvalue weighted by molar-refractivity contribution is 5.95. The maximum Gasteiger partial charge on any atom is 0.405 e. The monoisotopic (exact) mass is 438 g/mol. The Morgan fingerprint density at radius 2 is 1.94 bits per heavy atom. The third-order valence-electron chi connectivity index (χ3n) is 4.70. The second-order valence-electron chi connectivity index (χ2n) is 9.02. The van der Waals surface area contributed by atoms with Crippen LogP contribution >= 0.6 is 0 Å². The predicted octanol–water partition coefficient (Wildman–Crippen LogP) is 5.10. The van der Waals surface area contributed by atoms with E-state index in [1.54, 1.807) is 24.3 Å². The molecule has 32 heavy (non-hydrogen) atoms. The molecule has 0 unspecified atom stereocenters. The maximum atomic E-state index is 12.6. The fourth-order valence-electron chi connectivity index (χ4n) is 2.99. The van der Waals surface area contributed by atoms with Gasteiger partial charge in [0.15, 0.2) is 6.10 Å². The summed E-state index contributed by atoms with van der Waals surface area (Å²) in [6.07, 6.45) is 0.487. The van der Waals surface area contributed by atoms with Gasteiger partial charge in [0.2, 0.25) is 5.88 Å². The Labute approximate surface area is 188 Å². The topological polar surface area (TPSA) is 127 Å². The van der Waals surface area contributed by atoms with Crippen LogP contribution in [0, 0.1) is 16.7 Å². The van der Waals surface area contributed by atoms with Gasteiger partial charge in [0.1, 0.15) is 5.75 Å². The summed E-state index contributed by atoms with van der Waals surface area (Å²) in [5.41, 5.74) is 7.02. The largest absolute Gasteiger partial charge is 0.439 e. The van der Waals surface area contributed by atoms with Crippen LogP contribution in [0.5, 0.6) is 11.6 Å². The molecule has 2 rings (SSSR count). The van der Waals surface area contributed by atoms with Crippen molar-refractivity contribution in [1.29, 1.82) is 5.26 Å². The van der Waals surface area contributed by atoms with E-state index in [9.17, 15) is 14.9 Å². The van der Waals surface area contributed by atoms with Gasteiger partial charge < -0.3 is 20.5 Å². The summed E-state index contributed by atoms with van der Waals surface area (Å²) >= 11 is 0. The second kappa shape index (κ2) is 10.6. The number of nitrogens with zero attached hydrogens (tertiary/aromatic N) is 2. The Kier molecular flexibility index (Phi) is 8.19. The minimum absolute atomic E-state index is 0.0268. The number of primary amides is 1. The van der Waals surface area contributed by atoms with Crippen molar-refractivity contribution in [1.82, 2.24) is 4.98 Å². The van der Waals surface area contributed by atoms with Crippen molar-refractivity contribution in [3.8, 4) is 17.7 Å². The Morgan fingerprint density at radius 3 is 2.47 bits per heavy atom. The number of pyridine rings is 1. The summed E-state index contributed by atoms with van der Waals surface area (Å²) < 4.78 is 10.8. The smallest absolute Gasteiger partial charge is 0.405 e. The minimum Gasteiger partial charge on any atom is -0.439 e. The van der Waals surface area contributed by atoms with E-state index in [1.165, 1.54) is 6.20 Å². The average Bonchev–Trinajstić information content (AvgIpc) is 2.71. The standard InChI is InChI=1S/C24H30N4O4/c1-15(2)19-12-18(8-6-16(19)13-25)31-21-9-7-17(14-27-21)28-22(29)20(32-23(26)30)10-11-24(3,4)5/h6-9,12,14-15,20H,10-11H2,1-5H3,(H2,26,30)(H,28,29)/t20-/m1/s1. The Bertz CT molecular complexity index is 989. The molecule has 1 atom stereocenters. The number of nitrogens with two attached hydrogens (primary N) is 1. The lowest BCUT2D eigenvalue weighted by Crippen LogP contribution is -2.35. The molecule has 2 amide bonds. The molecule has 0 aliphatic rings. The average molecular weight is 439 g/mol. The van der Waals surface area contributed by atoms with E-state index >= 15 is 0 Å². The van der Waals surface area contributed by atoms with Gasteiger partial charge in [0.05, 0.1) is 23.5 Å². The number of hydrogen-bond acceptors (Lipinski definition) is 6. The van der Waals surface area contributed by atoms with E-state index in [4.69, 9.17) is 15.2 Å². The molecule has 0 radical (unpaired) electrons. The van der Waals surface area contributed by atoms with E-state index < -0.39 is 18.1 Å². The summed E-state index contributed by atoms with van der Waals surface area (Å²) in [6.45, 7) is 10.1. The number of rotatable bonds is 8. The molecule has 0 bridgehead atoms. The number of benzene rings is 1. The quantitative estimate of drug-likeness (QED) is 0.590. The molecule has 1 aromatic heterocycles. The lowest BCUT2D eigenvalue weighted by atomic mass is 9.89. The molecule has 0 saturated carbocycles. The van der Waals surface area contributed by atoms with E-state index in [0.29, 0.717) is 35.7 Å². The zero-order valence-corrected chi connectivity index (χ0v) is 19.1. The van der Waals surface area contributed by atoms with Gasteiger partial charge in [-0.05, 0) is 54.0 Å². The van der Waals surface area contributed by atoms with Crippen molar-refractivity contribution in [3.05, 3.63) is 47.7 Å². The van der Waals surface area contributed by atoms with E-state index in [0.717, 1.165) is 5.56 Å². The lowest BCUT2D eigenvalue weighted by molar-refractivity contribution is -0.124. The number of nitrogens with one attached hydrogen (secondary N) is 1. The van der Waals surface area contributed by atoms with Crippen molar-refractivity contribution >= 4 is 17.7 Å². The van der Waals surface area contributed by atoms with Crippen LogP contribution in [-0.2, 0) is 9.53 Å². The normalized spacial score (nSPS) is 12.0. The first kappa shape index (κ1) is 24.7. The predicted molar refractivity (Wildman–Crippen MR) is 121 cm³/mol. The van der Waals surface area contributed by atoms with Crippen LogP contribution in [0.15, 0.2) is 36.5 Å². The van der Waals surface area contributed by atoms with E-state index in [1.807, 2.05) is 40.7 Å². The van der Waals surface area contributed by atoms with Crippen molar-refractivity contribution in [2.24, 2.45) is 11.1 Å². The molecular formula is C24H30N4O4. The fraction of sp³-hybridized carbons (Fsp3) is 0.417. The van der Waals surface area contributed by atoms with Crippen LogP contribution in [0.3, 0.4) is 0 Å². The Hall–Kier alpha value is -3.60. The molecule has 0 spiro atoms. The van der Waals surface area contributed by atoms with Crippen LogP contribution in [0.1, 0.15) is 64.5 Å². The SMILES string of the molecule is CC(C)c1cc(Oc2ccc(NC(=O)[C@@H](CCC(C)(C)C)OC(N)=O)cn2)ccc1C#N. The maximum absolute atomic E-state index is 12.6. The zero-order valence-electron chi connectivity index (χ0n) is 19.1. The number of amides is 2. The van der Waals surface area contributed by atoms with Gasteiger partial charge in [-0.15, -0.1) is 0 Å². The van der Waals surface area contributed by atoms with Gasteiger partial charge in [0.25, 0.3) is 5.91 Å². The molecule has 1 aromatic carbocycles. The third kappa shape index (κ3) is 7.58. The number of aromatic nitrogens is 1. The molecule has 8 heteroatoms. The molecule has 3 N–H and O–H groups in total. The summed E-state index contributed by atoms with van der Waals surface area (Å²) in [6, 6.07) is 10.7. The van der Waals surface area contributed by atoms with Gasteiger partial charge in [-0.3, -0.25) is 4.79 Å². The van der Waals surface area contributed by atoms with Gasteiger partial charge in [0, 0.05) is 6.07 Å². The first-order valence-corrected chi connectivity index (χ1v) is 10.4. The number of anilines is 1. The number of nitriles is 1.